The topological polar surface area (TPSA) is 51.0 Å². The monoisotopic (exact) mass is 596 g/mol. The van der Waals surface area contributed by atoms with Crippen LogP contribution in [0.1, 0.15) is 127 Å². The van der Waals surface area contributed by atoms with Gasteiger partial charge in [0.05, 0.1) is 5.01 Å². The molecule has 4 heterocycles. The van der Waals surface area contributed by atoms with Crippen LogP contribution in [0, 0.1) is 26.2 Å². The van der Waals surface area contributed by atoms with Gasteiger partial charge in [-0.3, -0.25) is 4.99 Å². The van der Waals surface area contributed by atoms with E-state index in [4.69, 9.17) is 0 Å². The molecule has 0 saturated carbocycles. The average molecular weight is 597 g/mol. The Hall–Kier alpha value is -2.18. The lowest BCUT2D eigenvalue weighted by Gasteiger charge is -2.17. The summed E-state index contributed by atoms with van der Waals surface area (Å²) in [5.74, 6) is 0.831. The second-order valence-electron chi connectivity index (χ2n) is 14.8. The van der Waals surface area contributed by atoms with Gasteiger partial charge in [-0.25, -0.2) is 15.0 Å². The maximum atomic E-state index is 4.44. The van der Waals surface area contributed by atoms with Gasteiger partial charge in [0.1, 0.15) is 5.82 Å². The van der Waals surface area contributed by atoms with Crippen LogP contribution in [-0.4, -0.2) is 20.7 Å². The molecular formula is C35H56N4S2. The molecule has 0 amide bonds. The van der Waals surface area contributed by atoms with E-state index in [9.17, 15) is 0 Å². The molecule has 0 unspecified atom stereocenters. The lowest BCUT2D eigenvalue weighted by atomic mass is 9.89. The van der Waals surface area contributed by atoms with Crippen LogP contribution in [0.4, 0.5) is 0 Å². The molecule has 6 heteroatoms. The minimum atomic E-state index is 0.160. The van der Waals surface area contributed by atoms with Crippen LogP contribution in [0.3, 0.4) is 0 Å². The van der Waals surface area contributed by atoms with E-state index in [1.165, 1.54) is 36.6 Å². The maximum Gasteiger partial charge on any atom is 0.125 e. The van der Waals surface area contributed by atoms with Gasteiger partial charge in [-0.05, 0) is 56.2 Å². The fraction of sp³-hybridized carbons (Fsp3) is 0.600. The fourth-order valence-corrected chi connectivity index (χ4v) is 5.08. The first-order valence-electron chi connectivity index (χ1n) is 14.5. The predicted molar refractivity (Wildman–Crippen MR) is 184 cm³/mol. The number of hydrogen-bond acceptors (Lipinski definition) is 6. The van der Waals surface area contributed by atoms with Crippen LogP contribution in [0.25, 0.3) is 0 Å². The van der Waals surface area contributed by atoms with Gasteiger partial charge in [0.25, 0.3) is 0 Å². The number of aromatic nitrogens is 3. The first-order chi connectivity index (χ1) is 18.5. The van der Waals surface area contributed by atoms with Crippen molar-refractivity contribution >= 4 is 28.4 Å². The van der Waals surface area contributed by atoms with Gasteiger partial charge >= 0.3 is 0 Å². The third kappa shape index (κ3) is 14.0. The minimum absolute atomic E-state index is 0.160. The van der Waals surface area contributed by atoms with Crippen molar-refractivity contribution in [3.8, 4) is 0 Å². The zero-order chi connectivity index (χ0) is 31.8. The molecule has 1 aliphatic rings. The van der Waals surface area contributed by atoms with E-state index in [0.717, 1.165) is 12.2 Å². The zero-order valence-electron chi connectivity index (χ0n) is 28.8. The average Bonchev–Trinajstić information content (AvgIpc) is 3.55. The summed E-state index contributed by atoms with van der Waals surface area (Å²) >= 11 is 3.68. The highest BCUT2D eigenvalue weighted by Gasteiger charge is 2.19. The molecule has 4 nitrogen and oxygen atoms in total. The van der Waals surface area contributed by atoms with Crippen LogP contribution < -0.4 is 0 Å². The van der Waals surface area contributed by atoms with Gasteiger partial charge in [-0.1, -0.05) is 89.2 Å². The van der Waals surface area contributed by atoms with Gasteiger partial charge < -0.3 is 0 Å². The Kier molecular flexibility index (Phi) is 13.3. The van der Waals surface area contributed by atoms with Crippen LogP contribution >= 0.6 is 22.7 Å². The van der Waals surface area contributed by atoms with Crippen molar-refractivity contribution in [2.24, 2.45) is 10.4 Å². The van der Waals surface area contributed by atoms with Crippen LogP contribution in [-0.2, 0) is 16.2 Å². The van der Waals surface area contributed by atoms with Crippen molar-refractivity contribution in [1.82, 2.24) is 15.0 Å². The highest BCUT2D eigenvalue weighted by molar-refractivity contribution is 7.12. The van der Waals surface area contributed by atoms with E-state index in [0.29, 0.717) is 5.41 Å². The smallest absolute Gasteiger partial charge is 0.125 e. The number of aliphatic imine (C=N–C) groups is 1. The standard InChI is InChI=1S/C9H14N2.C9H15N.C9H14S.C8H13NS/c1-7-10-5-8(6-11-7)9(2,3)4;2*1-7-5-6-8(10-7)9(2,3)4;1-6-5-9-7(10-6)8(2,3)4/h5-6H,1-4H3;6H,5H2,1-4H3;5-6H,1-4H3;5H,1-4H3. The summed E-state index contributed by atoms with van der Waals surface area (Å²) in [6, 6.07) is 4.41. The molecule has 0 aromatic carbocycles. The SMILES string of the molecule is CC1=NC(C(C)(C)C)=CC1.Cc1ccc(C(C)(C)C)s1.Cc1cnc(C(C)(C)C)s1.Cc1ncc(C(C)(C)C)cn1. The number of hydrogen-bond donors (Lipinski definition) is 0. The van der Waals surface area contributed by atoms with Gasteiger partial charge in [-0.2, -0.15) is 0 Å². The van der Waals surface area contributed by atoms with E-state index >= 15 is 0 Å². The van der Waals surface area contributed by atoms with Gasteiger partial charge in [-0.15, -0.1) is 22.7 Å². The lowest BCUT2D eigenvalue weighted by molar-refractivity contribution is 0.500. The number of thiophene rings is 1. The van der Waals surface area contributed by atoms with Gasteiger partial charge in [0.2, 0.25) is 0 Å². The van der Waals surface area contributed by atoms with Crippen molar-refractivity contribution in [3.63, 3.8) is 0 Å². The normalized spacial score (nSPS) is 13.6. The molecule has 0 spiro atoms. The summed E-state index contributed by atoms with van der Waals surface area (Å²) in [5, 5.41) is 1.23. The number of aryl methyl sites for hydroxylation is 3. The summed E-state index contributed by atoms with van der Waals surface area (Å²) in [6.45, 7) is 34.6. The lowest BCUT2D eigenvalue weighted by Crippen LogP contribution is -2.12. The van der Waals surface area contributed by atoms with Crippen molar-refractivity contribution in [1.29, 1.82) is 0 Å². The minimum Gasteiger partial charge on any atom is -0.262 e. The number of nitrogens with zero attached hydrogens (tertiary/aromatic N) is 4. The molecule has 3 aromatic heterocycles. The highest BCUT2D eigenvalue weighted by Crippen LogP contribution is 2.30. The first kappa shape index (κ1) is 36.8. The van der Waals surface area contributed by atoms with Crippen LogP contribution in [0.5, 0.6) is 0 Å². The molecule has 0 bridgehead atoms. The third-order valence-electron chi connectivity index (χ3n) is 6.06. The Morgan fingerprint density at radius 2 is 1.15 bits per heavy atom. The second kappa shape index (κ2) is 14.8. The molecule has 0 atom stereocenters. The van der Waals surface area contributed by atoms with Crippen LogP contribution in [0.2, 0.25) is 0 Å². The summed E-state index contributed by atoms with van der Waals surface area (Å²) in [6.07, 6.45) is 8.98. The van der Waals surface area contributed by atoms with E-state index in [-0.39, 0.29) is 16.2 Å². The highest BCUT2D eigenvalue weighted by atomic mass is 32.1. The van der Waals surface area contributed by atoms with Crippen molar-refractivity contribution < 1.29 is 0 Å². The molecule has 0 aliphatic carbocycles. The second-order valence-corrected chi connectivity index (χ2v) is 17.4. The predicted octanol–water partition coefficient (Wildman–Crippen LogP) is 11.0. The summed E-state index contributed by atoms with van der Waals surface area (Å²) in [4.78, 5) is 21.2. The third-order valence-corrected chi connectivity index (χ3v) is 8.82. The molecule has 3 aromatic rings. The summed E-state index contributed by atoms with van der Waals surface area (Å²) in [5.41, 5.74) is 4.61. The molecule has 0 fully saturated rings. The maximum absolute atomic E-state index is 4.44. The number of allylic oxidation sites excluding steroid dienone is 2. The fourth-order valence-electron chi connectivity index (χ4n) is 3.33. The molecule has 228 valence electrons. The molecule has 0 radical (unpaired) electrons. The Labute approximate surface area is 259 Å². The van der Waals surface area contributed by atoms with E-state index in [1.807, 2.05) is 36.9 Å². The van der Waals surface area contributed by atoms with Crippen molar-refractivity contribution in [3.05, 3.63) is 73.5 Å². The zero-order valence-corrected chi connectivity index (χ0v) is 30.4. The molecular weight excluding hydrogens is 541 g/mol. The Bertz CT molecular complexity index is 1210. The number of thiazole rings is 1. The van der Waals surface area contributed by atoms with E-state index in [2.05, 4.69) is 142 Å². The molecule has 41 heavy (non-hydrogen) atoms. The molecule has 0 saturated heterocycles. The Balaban J connectivity index is 0.000000274. The summed E-state index contributed by atoms with van der Waals surface area (Å²) in [7, 11) is 0. The van der Waals surface area contributed by atoms with Crippen molar-refractivity contribution in [2.75, 3.05) is 0 Å². The Morgan fingerprint density at radius 1 is 0.585 bits per heavy atom. The van der Waals surface area contributed by atoms with E-state index < -0.39 is 0 Å². The first-order valence-corrected chi connectivity index (χ1v) is 16.2. The quantitative estimate of drug-likeness (QED) is 0.259. The number of rotatable bonds is 0. The van der Waals surface area contributed by atoms with E-state index in [1.54, 1.807) is 11.3 Å². The largest absolute Gasteiger partial charge is 0.262 e. The molecule has 4 rings (SSSR count). The van der Waals surface area contributed by atoms with Crippen LogP contribution in [0.15, 0.2) is 47.5 Å². The molecule has 1 aliphatic heterocycles. The van der Waals surface area contributed by atoms with Crippen molar-refractivity contribution in [2.45, 2.75) is 133 Å². The molecule has 0 N–H and O–H groups in total. The Morgan fingerprint density at radius 3 is 1.39 bits per heavy atom. The van der Waals surface area contributed by atoms with Gasteiger partial charge in [0, 0.05) is 61.9 Å². The van der Waals surface area contributed by atoms with Gasteiger partial charge in [0.15, 0.2) is 0 Å². The summed E-state index contributed by atoms with van der Waals surface area (Å²) < 4.78 is 0.